The van der Waals surface area contributed by atoms with Crippen molar-refractivity contribution in [2.24, 2.45) is 0 Å². The van der Waals surface area contributed by atoms with Gasteiger partial charge in [0, 0.05) is 40.2 Å². The van der Waals surface area contributed by atoms with E-state index in [2.05, 4.69) is 4.98 Å². The van der Waals surface area contributed by atoms with Gasteiger partial charge in [-0.1, -0.05) is 65.7 Å². The second kappa shape index (κ2) is 11.5. The Morgan fingerprint density at radius 1 is 1.05 bits per heavy atom. The second-order valence-corrected chi connectivity index (χ2v) is 10.00. The quantitative estimate of drug-likeness (QED) is 0.190. The molecule has 1 atom stereocenters. The maximum Gasteiger partial charge on any atom is 0.326 e. The van der Waals surface area contributed by atoms with E-state index in [1.54, 1.807) is 36.4 Å². The summed E-state index contributed by atoms with van der Waals surface area (Å²) in [7, 11) is 0. The first-order valence-electron chi connectivity index (χ1n) is 10.9. The number of carbonyl (C=O) groups excluding carboxylic acids is 1. The van der Waals surface area contributed by atoms with E-state index in [4.69, 9.17) is 23.2 Å². The molecular weight excluding hydrogens is 537 g/mol. The fourth-order valence-electron chi connectivity index (χ4n) is 3.74. The van der Waals surface area contributed by atoms with Gasteiger partial charge in [0.1, 0.15) is 11.0 Å². The largest absolute Gasteiger partial charge is 0.480 e. The van der Waals surface area contributed by atoms with Gasteiger partial charge in [0.05, 0.1) is 22.1 Å². The number of aliphatic carboxylic acids is 1. The zero-order chi connectivity index (χ0) is 26.5. The lowest BCUT2D eigenvalue weighted by atomic mass is 10.0. The molecule has 11 heteroatoms. The lowest BCUT2D eigenvalue weighted by molar-refractivity contribution is -0.384. The minimum Gasteiger partial charge on any atom is -0.480 e. The summed E-state index contributed by atoms with van der Waals surface area (Å²) in [6, 6.07) is 18.2. The molecule has 1 amide bonds. The lowest BCUT2D eigenvalue weighted by Gasteiger charge is -2.29. The van der Waals surface area contributed by atoms with Crippen LogP contribution in [0, 0.1) is 10.1 Å². The molecule has 0 aliphatic rings. The molecule has 1 aromatic heterocycles. The topological polar surface area (TPSA) is 114 Å². The number of nitro groups is 1. The molecule has 188 valence electrons. The van der Waals surface area contributed by atoms with E-state index in [-0.39, 0.29) is 29.2 Å². The molecule has 3 aromatic carbocycles. The van der Waals surface area contributed by atoms with Crippen LogP contribution in [0.15, 0.2) is 79.0 Å². The molecule has 4 rings (SSSR count). The number of hydrogen-bond donors (Lipinski definition) is 1. The average Bonchev–Trinajstić information content (AvgIpc) is 3.35. The first-order valence-corrected chi connectivity index (χ1v) is 12.5. The number of halogens is 2. The van der Waals surface area contributed by atoms with E-state index in [0.29, 0.717) is 20.5 Å². The second-order valence-electron chi connectivity index (χ2n) is 8.04. The van der Waals surface area contributed by atoms with Crippen LogP contribution in [-0.4, -0.2) is 37.8 Å². The van der Waals surface area contributed by atoms with Gasteiger partial charge in [-0.2, -0.15) is 0 Å². The summed E-state index contributed by atoms with van der Waals surface area (Å²) in [4.78, 5) is 42.9. The number of non-ortho nitro benzene ring substituents is 1. The minimum atomic E-state index is -1.20. The monoisotopic (exact) mass is 555 g/mol. The number of carboxylic acid groups (broad SMARTS) is 1. The van der Waals surface area contributed by atoms with Gasteiger partial charge in [-0.15, -0.1) is 11.3 Å². The number of carboxylic acids is 1. The summed E-state index contributed by atoms with van der Waals surface area (Å²) in [6.45, 7) is -0.0613. The Morgan fingerprint density at radius 2 is 1.81 bits per heavy atom. The molecule has 4 aromatic rings. The third kappa shape index (κ3) is 6.32. The summed E-state index contributed by atoms with van der Waals surface area (Å²) in [5.41, 5.74) is 1.34. The molecule has 0 aliphatic heterocycles. The smallest absolute Gasteiger partial charge is 0.326 e. The summed E-state index contributed by atoms with van der Waals surface area (Å²) < 4.78 is 0. The molecule has 0 saturated carbocycles. The van der Waals surface area contributed by atoms with Crippen LogP contribution in [0.1, 0.15) is 20.8 Å². The maximum atomic E-state index is 13.7. The highest BCUT2D eigenvalue weighted by molar-refractivity contribution is 7.15. The Morgan fingerprint density at radius 3 is 2.49 bits per heavy atom. The van der Waals surface area contributed by atoms with E-state index < -0.39 is 22.8 Å². The Hall–Kier alpha value is -3.79. The number of aromatic nitrogens is 1. The lowest BCUT2D eigenvalue weighted by Crippen LogP contribution is -2.46. The molecular formula is C26H19Cl2N3O5S. The van der Waals surface area contributed by atoms with E-state index in [0.717, 1.165) is 5.56 Å². The molecule has 0 spiro atoms. The van der Waals surface area contributed by atoms with Crippen LogP contribution in [0.25, 0.3) is 10.6 Å². The standard InChI is InChI=1S/C26H19Cl2N3O5S/c27-18-9-10-21(22(28)13-18)25(32)30(23(26(33)34)11-16-5-2-1-3-6-16)15-20-14-29-24(37-20)17-7-4-8-19(12-17)31(35)36/h1-10,12-14,23H,11,15H2,(H,33,34). The molecule has 8 nitrogen and oxygen atoms in total. The van der Waals surface area contributed by atoms with E-state index in [9.17, 15) is 24.8 Å². The molecule has 0 aliphatic carbocycles. The maximum absolute atomic E-state index is 13.7. The van der Waals surface area contributed by atoms with Gasteiger partial charge in [0.2, 0.25) is 0 Å². The van der Waals surface area contributed by atoms with Gasteiger partial charge in [0.25, 0.3) is 11.6 Å². The molecule has 1 unspecified atom stereocenters. The molecule has 0 radical (unpaired) electrons. The van der Waals surface area contributed by atoms with Crippen LogP contribution in [0.3, 0.4) is 0 Å². The summed E-state index contributed by atoms with van der Waals surface area (Å²) in [5.74, 6) is -1.75. The Kier molecular flexibility index (Phi) is 8.17. The average molecular weight is 556 g/mol. The predicted octanol–water partition coefficient (Wildman–Crippen LogP) is 6.36. The SMILES string of the molecule is O=C(O)C(Cc1ccccc1)N(Cc1cnc(-c2cccc([N+](=O)[O-])c2)s1)C(=O)c1ccc(Cl)cc1Cl. The molecule has 0 bridgehead atoms. The first-order chi connectivity index (χ1) is 17.7. The van der Waals surface area contributed by atoms with Gasteiger partial charge < -0.3 is 10.0 Å². The third-order valence-corrected chi connectivity index (χ3v) is 7.12. The number of nitrogens with zero attached hydrogens (tertiary/aromatic N) is 3. The van der Waals surface area contributed by atoms with E-state index >= 15 is 0 Å². The highest BCUT2D eigenvalue weighted by atomic mass is 35.5. The number of nitro benzene ring substituents is 1. The fraction of sp³-hybridized carbons (Fsp3) is 0.115. The van der Waals surface area contributed by atoms with Gasteiger partial charge in [-0.3, -0.25) is 14.9 Å². The Labute approximate surface area is 225 Å². The van der Waals surface area contributed by atoms with Crippen molar-refractivity contribution in [1.82, 2.24) is 9.88 Å². The minimum absolute atomic E-state index is 0.0613. The predicted molar refractivity (Wildman–Crippen MR) is 142 cm³/mol. The zero-order valence-electron chi connectivity index (χ0n) is 19.1. The van der Waals surface area contributed by atoms with Crippen LogP contribution < -0.4 is 0 Å². The van der Waals surface area contributed by atoms with Crippen LogP contribution in [0.5, 0.6) is 0 Å². The molecule has 1 N–H and O–H groups in total. The number of hydrogen-bond acceptors (Lipinski definition) is 6. The number of amides is 1. The summed E-state index contributed by atoms with van der Waals surface area (Å²) >= 11 is 13.5. The molecule has 1 heterocycles. The van der Waals surface area contributed by atoms with Crippen molar-refractivity contribution in [3.05, 3.63) is 115 Å². The van der Waals surface area contributed by atoms with Crippen molar-refractivity contribution < 1.29 is 19.6 Å². The van der Waals surface area contributed by atoms with Gasteiger partial charge in [-0.25, -0.2) is 9.78 Å². The Bertz CT molecular complexity index is 1460. The summed E-state index contributed by atoms with van der Waals surface area (Å²) in [5, 5.41) is 22.2. The van der Waals surface area contributed by atoms with Crippen molar-refractivity contribution in [3.8, 4) is 10.6 Å². The number of benzene rings is 3. The van der Waals surface area contributed by atoms with Crippen molar-refractivity contribution in [2.75, 3.05) is 0 Å². The van der Waals surface area contributed by atoms with Crippen molar-refractivity contribution in [3.63, 3.8) is 0 Å². The van der Waals surface area contributed by atoms with Gasteiger partial charge in [-0.05, 0) is 23.8 Å². The number of rotatable bonds is 9. The highest BCUT2D eigenvalue weighted by Gasteiger charge is 2.32. The van der Waals surface area contributed by atoms with Crippen LogP contribution >= 0.6 is 34.5 Å². The molecule has 0 fully saturated rings. The van der Waals surface area contributed by atoms with Crippen molar-refractivity contribution in [2.45, 2.75) is 19.0 Å². The first kappa shape index (κ1) is 26.3. The van der Waals surface area contributed by atoms with Crippen LogP contribution in [-0.2, 0) is 17.8 Å². The number of carbonyl (C=O) groups is 2. The highest BCUT2D eigenvalue weighted by Crippen LogP contribution is 2.30. The van der Waals surface area contributed by atoms with Gasteiger partial charge >= 0.3 is 5.97 Å². The van der Waals surface area contributed by atoms with Crippen molar-refractivity contribution in [1.29, 1.82) is 0 Å². The molecule has 0 saturated heterocycles. The number of thiazole rings is 1. The Balaban J connectivity index is 1.70. The van der Waals surface area contributed by atoms with Gasteiger partial charge in [0.15, 0.2) is 0 Å². The van der Waals surface area contributed by atoms with E-state index in [1.165, 1.54) is 52.8 Å². The zero-order valence-corrected chi connectivity index (χ0v) is 21.4. The summed E-state index contributed by atoms with van der Waals surface area (Å²) in [6.07, 6.45) is 1.60. The van der Waals surface area contributed by atoms with E-state index in [1.807, 2.05) is 6.07 Å². The van der Waals surface area contributed by atoms with Crippen molar-refractivity contribution >= 4 is 52.1 Å². The normalized spacial score (nSPS) is 11.6. The molecule has 37 heavy (non-hydrogen) atoms. The fourth-order valence-corrected chi connectivity index (χ4v) is 5.14. The van der Waals surface area contributed by atoms with Crippen LogP contribution in [0.4, 0.5) is 5.69 Å². The third-order valence-electron chi connectivity index (χ3n) is 5.54. The van der Waals surface area contributed by atoms with Crippen LogP contribution in [0.2, 0.25) is 10.0 Å².